The first-order chi connectivity index (χ1) is 14.6. The first-order valence-electron chi connectivity index (χ1n) is 10.3. The number of nitrogens with two attached hydrogens (primary N) is 2. The van der Waals surface area contributed by atoms with E-state index in [1.54, 1.807) is 12.4 Å². The summed E-state index contributed by atoms with van der Waals surface area (Å²) in [6.07, 6.45) is 10.8. The lowest BCUT2D eigenvalue weighted by molar-refractivity contribution is 0.0999. The Morgan fingerprint density at radius 3 is 2.93 bits per heavy atom. The number of nitrogen functional groups attached to an aromatic ring is 1. The van der Waals surface area contributed by atoms with Crippen molar-refractivity contribution in [1.29, 1.82) is 0 Å². The summed E-state index contributed by atoms with van der Waals surface area (Å²) in [6, 6.07) is 9.95. The normalized spacial score (nSPS) is 18.9. The van der Waals surface area contributed by atoms with Crippen molar-refractivity contribution in [3.63, 3.8) is 0 Å². The van der Waals surface area contributed by atoms with Gasteiger partial charge in [-0.15, -0.1) is 0 Å². The number of pyridine rings is 1. The van der Waals surface area contributed by atoms with Crippen LogP contribution in [0.2, 0.25) is 0 Å². The predicted molar refractivity (Wildman–Crippen MR) is 117 cm³/mol. The highest BCUT2D eigenvalue weighted by Gasteiger charge is 2.27. The van der Waals surface area contributed by atoms with Crippen LogP contribution in [0.4, 0.5) is 5.82 Å². The second kappa shape index (κ2) is 7.40. The monoisotopic (exact) mass is 400 g/mol. The van der Waals surface area contributed by atoms with Crippen molar-refractivity contribution >= 4 is 33.7 Å². The largest absolute Gasteiger partial charge is 0.384 e. The maximum atomic E-state index is 12.0. The van der Waals surface area contributed by atoms with Gasteiger partial charge >= 0.3 is 0 Å². The molecular weight excluding hydrogens is 376 g/mol. The van der Waals surface area contributed by atoms with Gasteiger partial charge in [0.05, 0.1) is 5.52 Å². The molecule has 4 aromatic rings. The number of fused-ring (bicyclic) bond motifs is 2. The van der Waals surface area contributed by atoms with Crippen molar-refractivity contribution in [1.82, 2.24) is 19.5 Å². The molecule has 3 aromatic heterocycles. The molecule has 1 aliphatic rings. The van der Waals surface area contributed by atoms with Crippen LogP contribution >= 0.6 is 0 Å². The standard InChI is InChI=1S/C23H24N6O/c24-21-6-4-16-10-19(22(25)30)15(11-20(16)28-21)3-1-14-2-5-18(9-14)29-8-7-17-12-26-13-27-23(17)29/h4,6-8,10-14,18H,1-3,5,9H2,(H2,24,28)(H2,25,30). The van der Waals surface area contributed by atoms with Gasteiger partial charge in [0.25, 0.3) is 0 Å². The lowest BCUT2D eigenvalue weighted by atomic mass is 9.94. The van der Waals surface area contributed by atoms with E-state index in [2.05, 4.69) is 31.8 Å². The zero-order valence-corrected chi connectivity index (χ0v) is 16.7. The van der Waals surface area contributed by atoms with Gasteiger partial charge < -0.3 is 16.0 Å². The van der Waals surface area contributed by atoms with Crippen molar-refractivity contribution in [3.8, 4) is 0 Å². The Balaban J connectivity index is 1.33. The molecule has 0 bridgehead atoms. The molecule has 1 saturated carbocycles. The zero-order chi connectivity index (χ0) is 20.7. The van der Waals surface area contributed by atoms with Crippen LogP contribution in [0.3, 0.4) is 0 Å². The molecule has 0 spiro atoms. The van der Waals surface area contributed by atoms with E-state index >= 15 is 0 Å². The quantitative estimate of drug-likeness (QED) is 0.531. The molecule has 7 heteroatoms. The lowest BCUT2D eigenvalue weighted by Gasteiger charge is -2.15. The Labute approximate surface area is 174 Å². The number of carbonyl (C=O) groups is 1. The van der Waals surface area contributed by atoms with E-state index in [0.717, 1.165) is 53.2 Å². The molecule has 1 fully saturated rings. The molecule has 5 rings (SSSR count). The molecule has 152 valence electrons. The van der Waals surface area contributed by atoms with Crippen LogP contribution in [-0.2, 0) is 6.42 Å². The molecule has 2 atom stereocenters. The lowest BCUT2D eigenvalue weighted by Crippen LogP contribution is -2.14. The van der Waals surface area contributed by atoms with Crippen LogP contribution in [-0.4, -0.2) is 25.4 Å². The molecule has 30 heavy (non-hydrogen) atoms. The van der Waals surface area contributed by atoms with Gasteiger partial charge in [-0.3, -0.25) is 4.79 Å². The van der Waals surface area contributed by atoms with E-state index in [4.69, 9.17) is 11.5 Å². The summed E-state index contributed by atoms with van der Waals surface area (Å²) in [5.41, 5.74) is 14.8. The van der Waals surface area contributed by atoms with Crippen molar-refractivity contribution in [3.05, 3.63) is 60.2 Å². The minimum Gasteiger partial charge on any atom is -0.384 e. The van der Waals surface area contributed by atoms with Crippen molar-refractivity contribution < 1.29 is 4.79 Å². The summed E-state index contributed by atoms with van der Waals surface area (Å²) >= 11 is 0. The van der Waals surface area contributed by atoms with Crippen molar-refractivity contribution in [2.45, 2.75) is 38.1 Å². The Bertz CT molecular complexity index is 1250. The summed E-state index contributed by atoms with van der Waals surface area (Å²) in [6.45, 7) is 0. The summed E-state index contributed by atoms with van der Waals surface area (Å²) in [7, 11) is 0. The fourth-order valence-electron chi connectivity index (χ4n) is 4.78. The first-order valence-corrected chi connectivity index (χ1v) is 10.3. The average Bonchev–Trinajstić information content (AvgIpc) is 3.38. The third-order valence-electron chi connectivity index (χ3n) is 6.31. The van der Waals surface area contributed by atoms with Crippen molar-refractivity contribution in [2.24, 2.45) is 11.7 Å². The Morgan fingerprint density at radius 2 is 2.07 bits per heavy atom. The van der Waals surface area contributed by atoms with Crippen molar-refractivity contribution in [2.75, 3.05) is 5.73 Å². The zero-order valence-electron chi connectivity index (χ0n) is 16.7. The predicted octanol–water partition coefficient (Wildman–Crippen LogP) is 3.63. The number of aromatic nitrogens is 4. The molecule has 3 heterocycles. The molecule has 0 saturated heterocycles. The number of hydrogen-bond acceptors (Lipinski definition) is 5. The summed E-state index contributed by atoms with van der Waals surface area (Å²) < 4.78 is 2.29. The summed E-state index contributed by atoms with van der Waals surface area (Å²) in [5, 5.41) is 1.96. The smallest absolute Gasteiger partial charge is 0.249 e. The highest BCUT2D eigenvalue weighted by Crippen LogP contribution is 2.38. The van der Waals surface area contributed by atoms with Crippen LogP contribution < -0.4 is 11.5 Å². The minimum absolute atomic E-state index is 0.397. The average molecular weight is 400 g/mol. The molecule has 7 nitrogen and oxygen atoms in total. The fourth-order valence-corrected chi connectivity index (χ4v) is 4.78. The number of benzene rings is 1. The topological polar surface area (TPSA) is 113 Å². The molecule has 1 aliphatic carbocycles. The fraction of sp³-hybridized carbons (Fsp3) is 0.304. The number of rotatable bonds is 5. The van der Waals surface area contributed by atoms with Gasteiger partial charge in [0.1, 0.15) is 17.8 Å². The summed E-state index contributed by atoms with van der Waals surface area (Å²) in [5.74, 6) is 0.674. The number of aryl methyl sites for hydroxylation is 1. The second-order valence-electron chi connectivity index (χ2n) is 8.20. The number of carbonyl (C=O) groups excluding carboxylic acids is 1. The van der Waals surface area contributed by atoms with E-state index < -0.39 is 5.91 Å². The highest BCUT2D eigenvalue weighted by molar-refractivity contribution is 5.98. The minimum atomic E-state index is -0.397. The van der Waals surface area contributed by atoms with Gasteiger partial charge in [0.2, 0.25) is 5.91 Å². The number of nitrogens with zero attached hydrogens (tertiary/aromatic N) is 4. The Kier molecular flexibility index (Phi) is 4.58. The molecule has 1 aromatic carbocycles. The van der Waals surface area contributed by atoms with Crippen LogP contribution in [0.15, 0.2) is 49.1 Å². The Morgan fingerprint density at radius 1 is 1.17 bits per heavy atom. The number of anilines is 1. The summed E-state index contributed by atoms with van der Waals surface area (Å²) in [4.78, 5) is 25.0. The molecule has 0 radical (unpaired) electrons. The molecule has 2 unspecified atom stereocenters. The van der Waals surface area contributed by atoms with Gasteiger partial charge in [-0.2, -0.15) is 0 Å². The van der Waals surface area contributed by atoms with E-state index in [9.17, 15) is 4.79 Å². The van der Waals surface area contributed by atoms with E-state index in [-0.39, 0.29) is 0 Å². The first kappa shape index (κ1) is 18.5. The maximum absolute atomic E-state index is 12.0. The maximum Gasteiger partial charge on any atom is 0.249 e. The molecule has 4 N–H and O–H groups in total. The Hall–Kier alpha value is -3.48. The van der Waals surface area contributed by atoms with Crippen LogP contribution in [0, 0.1) is 5.92 Å². The van der Waals surface area contributed by atoms with E-state index in [0.29, 0.717) is 23.3 Å². The third-order valence-corrected chi connectivity index (χ3v) is 6.31. The van der Waals surface area contributed by atoms with Gasteiger partial charge in [-0.05, 0) is 73.9 Å². The second-order valence-corrected chi connectivity index (χ2v) is 8.20. The van der Waals surface area contributed by atoms with Gasteiger partial charge in [0.15, 0.2) is 0 Å². The number of hydrogen-bond donors (Lipinski definition) is 2. The molecule has 1 amide bonds. The van der Waals surface area contributed by atoms with Crippen LogP contribution in [0.25, 0.3) is 21.9 Å². The molecule has 0 aliphatic heterocycles. The van der Waals surface area contributed by atoms with Gasteiger partial charge in [0, 0.05) is 34.8 Å². The van der Waals surface area contributed by atoms with Crippen LogP contribution in [0.1, 0.15) is 47.6 Å². The number of primary amides is 1. The third kappa shape index (κ3) is 3.36. The van der Waals surface area contributed by atoms with Gasteiger partial charge in [-0.25, -0.2) is 15.0 Å². The SMILES string of the molecule is NC(=O)c1cc2ccc(N)nc2cc1CCC1CCC(n2ccc3cncnc32)C1. The number of amides is 1. The van der Waals surface area contributed by atoms with Gasteiger partial charge in [-0.1, -0.05) is 0 Å². The van der Waals surface area contributed by atoms with E-state index in [1.807, 2.05) is 24.4 Å². The molecular formula is C23H24N6O. The highest BCUT2D eigenvalue weighted by atomic mass is 16.1. The van der Waals surface area contributed by atoms with E-state index in [1.165, 1.54) is 6.42 Å². The van der Waals surface area contributed by atoms with Crippen LogP contribution in [0.5, 0.6) is 0 Å².